The van der Waals surface area contributed by atoms with Gasteiger partial charge in [0.25, 0.3) is 6.43 Å². The number of phenolic OH excluding ortho intramolecular Hbond substituents is 1. The fraction of sp³-hybridized carbons (Fsp3) is 0.333. The Balaban J connectivity index is 0.00000196. The number of hydrogen-bond acceptors (Lipinski definition) is 2. The first-order chi connectivity index (χ1) is 6.43. The van der Waals surface area contributed by atoms with Crippen molar-refractivity contribution in [1.82, 2.24) is 0 Å². The predicted octanol–water partition coefficient (Wildman–Crippen LogP) is 3.15. The Kier molecular flexibility index (Phi) is 5.48. The van der Waals surface area contributed by atoms with Gasteiger partial charge in [-0.2, -0.15) is 0 Å². The van der Waals surface area contributed by atoms with E-state index in [1.54, 1.807) is 13.0 Å². The Bertz CT molecular complexity index is 349. The molecule has 2 nitrogen and oxygen atoms in total. The molecule has 1 aromatic carbocycles. The molecule has 0 fully saturated rings. The maximum atomic E-state index is 12.3. The molecule has 0 aromatic heterocycles. The van der Waals surface area contributed by atoms with Gasteiger partial charge in [-0.25, -0.2) is 8.78 Å². The van der Waals surface area contributed by atoms with Gasteiger partial charge in [-0.05, 0) is 24.6 Å². The van der Waals surface area contributed by atoms with Gasteiger partial charge in [-0.15, -0.1) is 12.4 Å². The van der Waals surface area contributed by atoms with Crippen LogP contribution in [-0.2, 0) is 0 Å². The predicted molar refractivity (Wildman–Crippen MR) is 60.7 cm³/mol. The minimum atomic E-state index is -2.69. The Morgan fingerprint density at radius 1 is 1.40 bits per heavy atom. The average Bonchev–Trinajstić information content (AvgIpc) is 2.09. The Morgan fingerprint density at radius 3 is 2.40 bits per heavy atom. The standard InChI is InChI=1S/C9H10BrF2NO.ClH/c1-4-2-5(10)3-6(8(4)14)7(13)9(11)12;/h2-3,7,9,14H,13H2,1H3;1H/t7-;/m1./s1. The highest BCUT2D eigenvalue weighted by atomic mass is 79.9. The van der Waals surface area contributed by atoms with E-state index in [0.29, 0.717) is 10.0 Å². The molecule has 86 valence electrons. The number of halogens is 4. The number of aromatic hydroxyl groups is 1. The summed E-state index contributed by atoms with van der Waals surface area (Å²) < 4.78 is 25.2. The fourth-order valence-electron chi connectivity index (χ4n) is 1.15. The number of rotatable bonds is 2. The first-order valence-corrected chi connectivity index (χ1v) is 4.75. The van der Waals surface area contributed by atoms with Gasteiger partial charge in [0.05, 0.1) is 6.04 Å². The zero-order valence-corrected chi connectivity index (χ0v) is 10.3. The highest BCUT2D eigenvalue weighted by molar-refractivity contribution is 9.10. The van der Waals surface area contributed by atoms with Crippen LogP contribution < -0.4 is 5.73 Å². The van der Waals surface area contributed by atoms with Crippen LogP contribution >= 0.6 is 28.3 Å². The van der Waals surface area contributed by atoms with Crippen LogP contribution in [0.2, 0.25) is 0 Å². The molecular formula is C9H11BrClF2NO. The fourth-order valence-corrected chi connectivity index (χ4v) is 1.74. The molecule has 0 saturated carbocycles. The van der Waals surface area contributed by atoms with E-state index in [1.807, 2.05) is 0 Å². The molecule has 0 aliphatic heterocycles. The van der Waals surface area contributed by atoms with E-state index in [2.05, 4.69) is 15.9 Å². The second-order valence-electron chi connectivity index (χ2n) is 3.02. The van der Waals surface area contributed by atoms with Gasteiger partial charge in [0, 0.05) is 10.0 Å². The molecule has 15 heavy (non-hydrogen) atoms. The normalized spacial score (nSPS) is 12.4. The molecular weight excluding hydrogens is 291 g/mol. The molecule has 1 rings (SSSR count). The summed E-state index contributed by atoms with van der Waals surface area (Å²) in [6, 6.07) is 1.59. The van der Waals surface area contributed by atoms with Crippen molar-refractivity contribution in [3.8, 4) is 5.75 Å². The largest absolute Gasteiger partial charge is 0.507 e. The van der Waals surface area contributed by atoms with Crippen LogP contribution in [0, 0.1) is 6.92 Å². The second-order valence-corrected chi connectivity index (χ2v) is 3.94. The molecule has 0 aliphatic rings. The number of benzene rings is 1. The molecule has 0 radical (unpaired) electrons. The van der Waals surface area contributed by atoms with Crippen molar-refractivity contribution in [2.75, 3.05) is 0 Å². The van der Waals surface area contributed by atoms with E-state index >= 15 is 0 Å². The lowest BCUT2D eigenvalue weighted by Gasteiger charge is -2.14. The van der Waals surface area contributed by atoms with Gasteiger partial charge >= 0.3 is 0 Å². The quantitative estimate of drug-likeness (QED) is 0.881. The summed E-state index contributed by atoms with van der Waals surface area (Å²) in [5.41, 5.74) is 5.83. The van der Waals surface area contributed by atoms with E-state index in [9.17, 15) is 13.9 Å². The average molecular weight is 303 g/mol. The highest BCUT2D eigenvalue weighted by Gasteiger charge is 2.21. The molecule has 6 heteroatoms. The molecule has 1 atom stereocenters. The minimum absolute atomic E-state index is 0. The zero-order chi connectivity index (χ0) is 10.9. The van der Waals surface area contributed by atoms with Gasteiger partial charge < -0.3 is 10.8 Å². The van der Waals surface area contributed by atoms with E-state index < -0.39 is 12.5 Å². The van der Waals surface area contributed by atoms with Gasteiger partial charge in [-0.1, -0.05) is 15.9 Å². The van der Waals surface area contributed by atoms with E-state index in [-0.39, 0.29) is 23.7 Å². The summed E-state index contributed by atoms with van der Waals surface area (Å²) in [7, 11) is 0. The topological polar surface area (TPSA) is 46.2 Å². The Labute approximate surface area is 101 Å². The van der Waals surface area contributed by atoms with Crippen LogP contribution in [0.3, 0.4) is 0 Å². The number of nitrogens with two attached hydrogens (primary N) is 1. The van der Waals surface area contributed by atoms with Crippen LogP contribution in [0.5, 0.6) is 5.75 Å². The summed E-state index contributed by atoms with van der Waals surface area (Å²) in [4.78, 5) is 0. The number of aryl methyl sites for hydroxylation is 1. The lowest BCUT2D eigenvalue weighted by molar-refractivity contribution is 0.115. The molecule has 0 saturated heterocycles. The van der Waals surface area contributed by atoms with Crippen molar-refractivity contribution >= 4 is 28.3 Å². The Morgan fingerprint density at radius 2 is 1.93 bits per heavy atom. The third-order valence-electron chi connectivity index (χ3n) is 1.93. The molecule has 0 unspecified atom stereocenters. The SMILES string of the molecule is Cc1cc(Br)cc([C@@H](N)C(F)F)c1O.Cl. The molecule has 0 spiro atoms. The highest BCUT2D eigenvalue weighted by Crippen LogP contribution is 2.32. The second kappa shape index (κ2) is 5.63. The first kappa shape index (κ1) is 14.6. The summed E-state index contributed by atoms with van der Waals surface area (Å²) in [6.07, 6.45) is -2.69. The Hall–Kier alpha value is -0.390. The van der Waals surface area contributed by atoms with Crippen molar-refractivity contribution in [1.29, 1.82) is 0 Å². The van der Waals surface area contributed by atoms with Crippen molar-refractivity contribution in [3.63, 3.8) is 0 Å². The smallest absolute Gasteiger partial charge is 0.257 e. The summed E-state index contributed by atoms with van der Waals surface area (Å²) >= 11 is 3.15. The third-order valence-corrected chi connectivity index (χ3v) is 2.38. The third kappa shape index (κ3) is 3.29. The van der Waals surface area contributed by atoms with Gasteiger partial charge in [0.15, 0.2) is 0 Å². The maximum Gasteiger partial charge on any atom is 0.257 e. The molecule has 3 N–H and O–H groups in total. The summed E-state index contributed by atoms with van der Waals surface area (Å²) in [6.45, 7) is 1.63. The molecule has 0 aliphatic carbocycles. The minimum Gasteiger partial charge on any atom is -0.507 e. The van der Waals surface area contributed by atoms with Crippen molar-refractivity contribution in [2.45, 2.75) is 19.4 Å². The maximum absolute atomic E-state index is 12.3. The number of phenols is 1. The number of alkyl halides is 2. The van der Waals surface area contributed by atoms with Crippen molar-refractivity contribution in [2.24, 2.45) is 5.73 Å². The monoisotopic (exact) mass is 301 g/mol. The van der Waals surface area contributed by atoms with Crippen molar-refractivity contribution < 1.29 is 13.9 Å². The first-order valence-electron chi connectivity index (χ1n) is 3.96. The zero-order valence-electron chi connectivity index (χ0n) is 7.88. The van der Waals surface area contributed by atoms with E-state index in [1.165, 1.54) is 6.07 Å². The van der Waals surface area contributed by atoms with Crippen LogP contribution in [0.15, 0.2) is 16.6 Å². The van der Waals surface area contributed by atoms with E-state index in [4.69, 9.17) is 5.73 Å². The van der Waals surface area contributed by atoms with Gasteiger partial charge in [0.2, 0.25) is 0 Å². The van der Waals surface area contributed by atoms with E-state index in [0.717, 1.165) is 0 Å². The summed E-state index contributed by atoms with van der Waals surface area (Å²) in [5, 5.41) is 9.51. The molecule has 0 amide bonds. The molecule has 0 bridgehead atoms. The molecule has 0 heterocycles. The van der Waals surface area contributed by atoms with Gasteiger partial charge in [0.1, 0.15) is 5.75 Å². The number of hydrogen-bond donors (Lipinski definition) is 2. The van der Waals surface area contributed by atoms with Crippen LogP contribution in [0.4, 0.5) is 8.78 Å². The van der Waals surface area contributed by atoms with Gasteiger partial charge in [-0.3, -0.25) is 0 Å². The van der Waals surface area contributed by atoms with Crippen LogP contribution in [-0.4, -0.2) is 11.5 Å². The summed E-state index contributed by atoms with van der Waals surface area (Å²) in [5.74, 6) is -0.166. The lowest BCUT2D eigenvalue weighted by atomic mass is 10.0. The van der Waals surface area contributed by atoms with Crippen LogP contribution in [0.25, 0.3) is 0 Å². The lowest BCUT2D eigenvalue weighted by Crippen LogP contribution is -2.19. The van der Waals surface area contributed by atoms with Crippen LogP contribution in [0.1, 0.15) is 17.2 Å². The van der Waals surface area contributed by atoms with Crippen molar-refractivity contribution in [3.05, 3.63) is 27.7 Å². The molecule has 1 aromatic rings.